The van der Waals surface area contributed by atoms with Gasteiger partial charge in [-0.25, -0.2) is 0 Å². The Morgan fingerprint density at radius 3 is 2.35 bits per heavy atom. The molecular formula is C20H35BO4P+. The van der Waals surface area contributed by atoms with Crippen LogP contribution < -0.4 is 0 Å². The molecule has 2 heterocycles. The van der Waals surface area contributed by atoms with Gasteiger partial charge in [0.2, 0.25) is 0 Å². The van der Waals surface area contributed by atoms with Crippen LogP contribution in [-0.2, 0) is 18.8 Å². The van der Waals surface area contributed by atoms with Crippen molar-refractivity contribution in [1.82, 2.24) is 0 Å². The average molecular weight is 381 g/mol. The molecule has 6 heteroatoms. The van der Waals surface area contributed by atoms with Crippen LogP contribution in [0.1, 0.15) is 48.5 Å². The van der Waals surface area contributed by atoms with Crippen LogP contribution in [0.5, 0.6) is 0 Å². The Morgan fingerprint density at radius 2 is 1.77 bits per heavy atom. The lowest BCUT2D eigenvalue weighted by Gasteiger charge is -2.22. The molecule has 0 aromatic rings. The molecule has 0 saturated carbocycles. The largest absolute Gasteiger partial charge is 0.384 e. The van der Waals surface area contributed by atoms with Crippen LogP contribution in [0.15, 0.2) is 11.9 Å². The topological polar surface area (TPSA) is 44.8 Å². The van der Waals surface area contributed by atoms with E-state index in [0.717, 1.165) is 0 Å². The smallest absolute Gasteiger partial charge is 0.371 e. The first kappa shape index (κ1) is 22.1. The van der Waals surface area contributed by atoms with Crippen LogP contribution in [0.2, 0.25) is 0 Å². The highest BCUT2D eigenvalue weighted by Gasteiger charge is 2.45. The number of ether oxygens (including phenoxy) is 3. The minimum atomic E-state index is -1.50. The standard InChI is InChI=1S/C20H35BO4P/c1-11(2)18-16(14(6)20(21)25-18)8-9-26(22)10-17-19(23-12(3)4)13(5)15(7)24-17/h8-9,11-20H,10H2,1-7H3/q+1/b9-8+/t13-,14+,15+,16?,17-,18-,19?,20-/m1/s1. The Hall–Kier alpha value is -0.215. The molecule has 4 nitrogen and oxygen atoms in total. The van der Waals surface area contributed by atoms with Gasteiger partial charge in [0.05, 0.1) is 24.4 Å². The quantitative estimate of drug-likeness (QED) is 0.486. The Balaban J connectivity index is 1.99. The van der Waals surface area contributed by atoms with Gasteiger partial charge in [-0.2, -0.15) is 0 Å². The molecular weight excluding hydrogens is 346 g/mol. The van der Waals surface area contributed by atoms with Gasteiger partial charge in [-0.05, 0) is 38.7 Å². The van der Waals surface area contributed by atoms with Crippen molar-refractivity contribution in [3.8, 4) is 0 Å². The highest BCUT2D eigenvalue weighted by Crippen LogP contribution is 2.39. The maximum Gasteiger partial charge on any atom is 0.371 e. The predicted octanol–water partition coefficient (Wildman–Crippen LogP) is 4.35. The van der Waals surface area contributed by atoms with Crippen LogP contribution in [0, 0.1) is 23.7 Å². The summed E-state index contributed by atoms with van der Waals surface area (Å²) in [5.41, 5.74) is 0. The fourth-order valence-corrected chi connectivity index (χ4v) is 5.15. The minimum Gasteiger partial charge on any atom is -0.384 e. The van der Waals surface area contributed by atoms with Crippen LogP contribution >= 0.6 is 7.80 Å². The highest BCUT2D eigenvalue weighted by molar-refractivity contribution is 7.48. The van der Waals surface area contributed by atoms with E-state index >= 15 is 0 Å². The van der Waals surface area contributed by atoms with E-state index in [9.17, 15) is 4.57 Å². The summed E-state index contributed by atoms with van der Waals surface area (Å²) in [7, 11) is 4.56. The molecule has 0 aliphatic carbocycles. The molecule has 2 aliphatic heterocycles. The highest BCUT2D eigenvalue weighted by atomic mass is 31.1. The molecule has 2 saturated heterocycles. The summed E-state index contributed by atoms with van der Waals surface area (Å²) in [4.78, 5) is 0. The molecule has 2 rings (SSSR count). The second-order valence-electron chi connectivity index (χ2n) is 8.58. The molecule has 2 radical (unpaired) electrons. The van der Waals surface area contributed by atoms with Gasteiger partial charge in [0.15, 0.2) is 12.0 Å². The molecule has 2 aliphatic rings. The summed E-state index contributed by atoms with van der Waals surface area (Å²) in [6.45, 7) is 14.7. The molecule has 0 aromatic heterocycles. The number of rotatable bonds is 7. The lowest BCUT2D eigenvalue weighted by Crippen LogP contribution is -2.33. The molecule has 0 N–H and O–H groups in total. The van der Waals surface area contributed by atoms with Gasteiger partial charge in [-0.1, -0.05) is 32.3 Å². The molecule has 2 fully saturated rings. The first-order valence-corrected chi connectivity index (χ1v) is 11.5. The third-order valence-electron chi connectivity index (χ3n) is 5.75. The molecule has 146 valence electrons. The number of hydrogen-bond donors (Lipinski definition) is 0. The zero-order chi connectivity index (χ0) is 19.6. The molecule has 0 spiro atoms. The van der Waals surface area contributed by atoms with Crippen molar-refractivity contribution in [3.05, 3.63) is 11.9 Å². The van der Waals surface area contributed by atoms with Crippen molar-refractivity contribution >= 4 is 15.6 Å². The second kappa shape index (κ2) is 9.32. The Labute approximate surface area is 161 Å². The van der Waals surface area contributed by atoms with E-state index in [1.807, 2.05) is 19.7 Å². The first-order valence-electron chi connectivity index (χ1n) is 9.95. The van der Waals surface area contributed by atoms with E-state index in [-0.39, 0.29) is 48.4 Å². The maximum atomic E-state index is 12.7. The number of hydrogen-bond acceptors (Lipinski definition) is 4. The van der Waals surface area contributed by atoms with Gasteiger partial charge in [0.25, 0.3) is 0 Å². The van der Waals surface area contributed by atoms with Crippen LogP contribution in [0.3, 0.4) is 0 Å². The maximum absolute atomic E-state index is 12.7. The molecule has 0 bridgehead atoms. The van der Waals surface area contributed by atoms with Gasteiger partial charge in [-0.3, -0.25) is 0 Å². The molecule has 0 aromatic carbocycles. The fraction of sp³-hybridized carbons (Fsp3) is 0.900. The summed E-state index contributed by atoms with van der Waals surface area (Å²) in [5, 5.41) is 0. The van der Waals surface area contributed by atoms with Gasteiger partial charge >= 0.3 is 7.80 Å². The minimum absolute atomic E-state index is 0.00271. The average Bonchev–Trinajstić information content (AvgIpc) is 2.97. The molecule has 9 atom stereocenters. The Kier molecular flexibility index (Phi) is 7.92. The van der Waals surface area contributed by atoms with Gasteiger partial charge in [-0.15, -0.1) is 0 Å². The normalized spacial score (nSPS) is 41.7. The zero-order valence-corrected chi connectivity index (χ0v) is 18.2. The third-order valence-corrected chi connectivity index (χ3v) is 6.98. The first-order chi connectivity index (χ1) is 12.1. The van der Waals surface area contributed by atoms with Crippen molar-refractivity contribution in [3.63, 3.8) is 0 Å². The third kappa shape index (κ3) is 5.19. The van der Waals surface area contributed by atoms with Gasteiger partial charge in [0.1, 0.15) is 14.0 Å². The molecule has 0 amide bonds. The second-order valence-corrected chi connectivity index (χ2v) is 10.1. The van der Waals surface area contributed by atoms with Crippen molar-refractivity contribution in [2.24, 2.45) is 23.7 Å². The Bertz CT molecular complexity index is 510. The lowest BCUT2D eigenvalue weighted by molar-refractivity contribution is -0.0410. The van der Waals surface area contributed by atoms with Gasteiger partial charge < -0.3 is 14.2 Å². The van der Waals surface area contributed by atoms with Crippen LogP contribution in [0.25, 0.3) is 0 Å². The monoisotopic (exact) mass is 381 g/mol. The summed E-state index contributed by atoms with van der Waals surface area (Å²) < 4.78 is 30.7. The van der Waals surface area contributed by atoms with E-state index in [1.54, 1.807) is 0 Å². The van der Waals surface area contributed by atoms with E-state index in [1.165, 1.54) is 0 Å². The summed E-state index contributed by atoms with van der Waals surface area (Å²) in [5.74, 6) is 2.95. The van der Waals surface area contributed by atoms with Crippen molar-refractivity contribution in [2.75, 3.05) is 6.16 Å². The summed E-state index contributed by atoms with van der Waals surface area (Å²) in [6.07, 6.45) is 2.79. The molecule has 26 heavy (non-hydrogen) atoms. The van der Waals surface area contributed by atoms with Crippen molar-refractivity contribution < 1.29 is 18.8 Å². The fourth-order valence-electron chi connectivity index (χ4n) is 3.99. The van der Waals surface area contributed by atoms with E-state index in [2.05, 4.69) is 40.7 Å². The molecule has 3 unspecified atom stereocenters. The summed E-state index contributed by atoms with van der Waals surface area (Å²) in [6, 6.07) is -0.251. The SMILES string of the molecule is [B][C@@H]1O[C@H](C(C)C)C(/C=C/[P+](=O)C[C@H]2O[C@@H](C)[C@@H](C)C2OC(C)C)[C@@H]1C. The summed E-state index contributed by atoms with van der Waals surface area (Å²) >= 11 is 0. The Morgan fingerprint density at radius 1 is 1.12 bits per heavy atom. The zero-order valence-electron chi connectivity index (χ0n) is 17.3. The van der Waals surface area contributed by atoms with Crippen molar-refractivity contribution in [1.29, 1.82) is 0 Å². The van der Waals surface area contributed by atoms with Crippen LogP contribution in [-0.4, -0.2) is 50.5 Å². The van der Waals surface area contributed by atoms with Gasteiger partial charge in [0, 0.05) is 17.8 Å². The van der Waals surface area contributed by atoms with E-state index < -0.39 is 7.80 Å². The lowest BCUT2D eigenvalue weighted by atomic mass is 9.79. The predicted molar refractivity (Wildman–Crippen MR) is 107 cm³/mol. The van der Waals surface area contributed by atoms with Crippen molar-refractivity contribution in [2.45, 2.75) is 85.0 Å². The van der Waals surface area contributed by atoms with E-state index in [0.29, 0.717) is 18.0 Å². The van der Waals surface area contributed by atoms with E-state index in [4.69, 9.17) is 22.1 Å². The van der Waals surface area contributed by atoms with Crippen LogP contribution in [0.4, 0.5) is 0 Å².